The maximum absolute atomic E-state index is 12.5. The van der Waals surface area contributed by atoms with Crippen LogP contribution in [0, 0.1) is 0 Å². The van der Waals surface area contributed by atoms with Gasteiger partial charge < -0.3 is 4.74 Å². The number of carbonyl (C=O) groups excluding carboxylic acids is 1. The fraction of sp³-hybridized carbons (Fsp3) is 0.167. The van der Waals surface area contributed by atoms with E-state index in [0.29, 0.717) is 10.8 Å². The van der Waals surface area contributed by atoms with Gasteiger partial charge in [0.25, 0.3) is 0 Å². The molecule has 1 amide bonds. The molecule has 0 aliphatic heterocycles. The molecule has 0 aliphatic carbocycles. The van der Waals surface area contributed by atoms with Crippen LogP contribution in [0.4, 0.5) is 10.8 Å². The van der Waals surface area contributed by atoms with Gasteiger partial charge in [0.05, 0.1) is 34.1 Å². The number of nitrogens with one attached hydrogen (secondary N) is 1. The Labute approximate surface area is 197 Å². The van der Waals surface area contributed by atoms with Gasteiger partial charge in [-0.25, -0.2) is 8.42 Å². The van der Waals surface area contributed by atoms with Gasteiger partial charge in [0, 0.05) is 5.56 Å². The molecule has 13 heteroatoms. The van der Waals surface area contributed by atoms with E-state index < -0.39 is 22.5 Å². The Balaban J connectivity index is 1.78. The molecule has 164 valence electrons. The first-order valence-electron chi connectivity index (χ1n) is 8.48. The Kier molecular flexibility index (Phi) is 7.28. The number of halogens is 3. The van der Waals surface area contributed by atoms with Crippen molar-refractivity contribution in [1.29, 1.82) is 0 Å². The van der Waals surface area contributed by atoms with Gasteiger partial charge in [-0.3, -0.25) is 14.4 Å². The van der Waals surface area contributed by atoms with E-state index in [9.17, 15) is 13.2 Å². The molecule has 0 spiro atoms. The number of hydrogen-bond donors (Lipinski definition) is 1. The highest BCUT2D eigenvalue weighted by atomic mass is 35.5. The van der Waals surface area contributed by atoms with Crippen LogP contribution in [0.15, 0.2) is 36.4 Å². The van der Waals surface area contributed by atoms with Gasteiger partial charge in [-0.2, -0.15) is 0 Å². The lowest BCUT2D eigenvalue weighted by Crippen LogP contribution is -2.37. The third-order valence-electron chi connectivity index (χ3n) is 3.95. The topological polar surface area (TPSA) is 101 Å². The summed E-state index contributed by atoms with van der Waals surface area (Å²) in [5.41, 5.74) is 0.823. The van der Waals surface area contributed by atoms with E-state index >= 15 is 0 Å². The Bertz CT molecular complexity index is 1220. The summed E-state index contributed by atoms with van der Waals surface area (Å²) in [4.78, 5) is 12.5. The predicted molar refractivity (Wildman–Crippen MR) is 124 cm³/mol. The summed E-state index contributed by atoms with van der Waals surface area (Å²) in [6, 6.07) is 9.77. The van der Waals surface area contributed by atoms with Crippen molar-refractivity contribution in [2.75, 3.05) is 29.5 Å². The minimum absolute atomic E-state index is 0.0323. The van der Waals surface area contributed by atoms with Crippen molar-refractivity contribution in [2.45, 2.75) is 0 Å². The second-order valence-corrected chi connectivity index (χ2v) is 10.3. The highest BCUT2D eigenvalue weighted by Crippen LogP contribution is 2.35. The van der Waals surface area contributed by atoms with Crippen molar-refractivity contribution >= 4 is 72.9 Å². The molecule has 31 heavy (non-hydrogen) atoms. The SMILES string of the molecule is COc1ccc(-c2nnc(NC(=O)CN(c3cc(Cl)c(Cl)cc3Cl)S(C)(=O)=O)s2)cc1. The summed E-state index contributed by atoms with van der Waals surface area (Å²) in [6.07, 6.45) is 0.950. The number of rotatable bonds is 7. The molecule has 2 aromatic carbocycles. The Morgan fingerprint density at radius 3 is 2.35 bits per heavy atom. The van der Waals surface area contributed by atoms with E-state index in [2.05, 4.69) is 15.5 Å². The van der Waals surface area contributed by atoms with Crippen LogP contribution < -0.4 is 14.4 Å². The van der Waals surface area contributed by atoms with E-state index in [1.807, 2.05) is 12.1 Å². The molecule has 0 radical (unpaired) electrons. The van der Waals surface area contributed by atoms with E-state index in [-0.39, 0.29) is 25.9 Å². The Morgan fingerprint density at radius 2 is 1.74 bits per heavy atom. The molecule has 8 nitrogen and oxygen atoms in total. The first-order chi connectivity index (χ1) is 14.6. The zero-order chi connectivity index (χ0) is 22.8. The molecule has 0 unspecified atom stereocenters. The van der Waals surface area contributed by atoms with Gasteiger partial charge >= 0.3 is 0 Å². The van der Waals surface area contributed by atoms with Gasteiger partial charge in [-0.1, -0.05) is 46.1 Å². The average Bonchev–Trinajstić information content (AvgIpc) is 3.17. The molecule has 0 fully saturated rings. The standard InChI is InChI=1S/C18H15Cl3N4O4S2/c1-29-11-5-3-10(4-6-11)17-23-24-18(30-17)22-16(26)9-25(31(2,27)28)15-8-13(20)12(19)7-14(15)21/h3-8H,9H2,1-2H3,(H,22,24,26). The minimum Gasteiger partial charge on any atom is -0.497 e. The monoisotopic (exact) mass is 520 g/mol. The number of hydrogen-bond acceptors (Lipinski definition) is 7. The van der Waals surface area contributed by atoms with E-state index in [0.717, 1.165) is 27.5 Å². The van der Waals surface area contributed by atoms with Crippen molar-refractivity contribution in [2.24, 2.45) is 0 Å². The van der Waals surface area contributed by atoms with Gasteiger partial charge in [-0.15, -0.1) is 10.2 Å². The van der Waals surface area contributed by atoms with Gasteiger partial charge in [-0.05, 0) is 36.4 Å². The van der Waals surface area contributed by atoms with Gasteiger partial charge in [0.1, 0.15) is 17.3 Å². The van der Waals surface area contributed by atoms with Crippen molar-refractivity contribution < 1.29 is 17.9 Å². The molecular formula is C18H15Cl3N4O4S2. The summed E-state index contributed by atoms with van der Waals surface area (Å²) in [7, 11) is -2.29. The lowest BCUT2D eigenvalue weighted by molar-refractivity contribution is -0.114. The number of ether oxygens (including phenoxy) is 1. The maximum Gasteiger partial charge on any atom is 0.246 e. The molecule has 0 aliphatic rings. The number of sulfonamides is 1. The van der Waals surface area contributed by atoms with Gasteiger partial charge in [0.15, 0.2) is 0 Å². The van der Waals surface area contributed by atoms with Crippen LogP contribution in [-0.4, -0.2) is 44.4 Å². The maximum atomic E-state index is 12.5. The quantitative estimate of drug-likeness (QED) is 0.457. The van der Waals surface area contributed by atoms with Crippen LogP contribution >= 0.6 is 46.1 Å². The van der Waals surface area contributed by atoms with Crippen molar-refractivity contribution in [3.63, 3.8) is 0 Å². The summed E-state index contributed by atoms with van der Waals surface area (Å²) < 4.78 is 30.5. The average molecular weight is 522 g/mol. The first-order valence-corrected chi connectivity index (χ1v) is 12.3. The Morgan fingerprint density at radius 1 is 1.10 bits per heavy atom. The number of benzene rings is 2. The Hall–Kier alpha value is -2.11. The van der Waals surface area contributed by atoms with E-state index in [4.69, 9.17) is 39.5 Å². The zero-order valence-corrected chi connectivity index (χ0v) is 20.0. The predicted octanol–water partition coefficient (Wildman–Crippen LogP) is 4.58. The third-order valence-corrected chi connectivity index (χ3v) is 6.99. The fourth-order valence-electron chi connectivity index (χ4n) is 2.50. The number of nitrogens with zero attached hydrogens (tertiary/aromatic N) is 3. The van der Waals surface area contributed by atoms with E-state index in [1.54, 1.807) is 19.2 Å². The zero-order valence-electron chi connectivity index (χ0n) is 16.1. The molecule has 0 saturated carbocycles. The summed E-state index contributed by atoms with van der Waals surface area (Å²) in [5.74, 6) is 0.0635. The number of carbonyl (C=O) groups is 1. The van der Waals surface area contributed by atoms with Crippen LogP contribution in [0.25, 0.3) is 10.6 Å². The second kappa shape index (κ2) is 9.58. The molecule has 1 heterocycles. The second-order valence-electron chi connectivity index (χ2n) is 6.18. The minimum atomic E-state index is -3.86. The number of methoxy groups -OCH3 is 1. The van der Waals surface area contributed by atoms with Crippen molar-refractivity contribution in [3.8, 4) is 16.3 Å². The molecular weight excluding hydrogens is 507 g/mol. The number of amides is 1. The highest BCUT2D eigenvalue weighted by molar-refractivity contribution is 7.92. The normalized spacial score (nSPS) is 11.3. The molecule has 0 saturated heterocycles. The largest absolute Gasteiger partial charge is 0.497 e. The smallest absolute Gasteiger partial charge is 0.246 e. The number of aromatic nitrogens is 2. The molecule has 1 aromatic heterocycles. The van der Waals surface area contributed by atoms with Crippen LogP contribution in [0.3, 0.4) is 0 Å². The lowest BCUT2D eigenvalue weighted by Gasteiger charge is -2.23. The summed E-state index contributed by atoms with van der Waals surface area (Å²) >= 11 is 19.2. The molecule has 1 N–H and O–H groups in total. The van der Waals surface area contributed by atoms with Crippen LogP contribution in [0.2, 0.25) is 15.1 Å². The van der Waals surface area contributed by atoms with Crippen LogP contribution in [-0.2, 0) is 14.8 Å². The van der Waals surface area contributed by atoms with Crippen LogP contribution in [0.5, 0.6) is 5.75 Å². The van der Waals surface area contributed by atoms with Crippen molar-refractivity contribution in [3.05, 3.63) is 51.5 Å². The number of anilines is 2. The molecule has 3 rings (SSSR count). The summed E-state index contributed by atoms with van der Waals surface area (Å²) in [5, 5.41) is 11.6. The first kappa shape index (κ1) is 23.6. The van der Waals surface area contributed by atoms with Crippen molar-refractivity contribution in [1.82, 2.24) is 10.2 Å². The molecule has 0 bridgehead atoms. The highest BCUT2D eigenvalue weighted by Gasteiger charge is 2.25. The van der Waals surface area contributed by atoms with Gasteiger partial charge in [0.2, 0.25) is 21.1 Å². The molecule has 3 aromatic rings. The van der Waals surface area contributed by atoms with E-state index in [1.165, 1.54) is 12.1 Å². The summed E-state index contributed by atoms with van der Waals surface area (Å²) in [6.45, 7) is -0.548. The fourth-order valence-corrected chi connectivity index (χ4v) is 4.82. The molecule has 0 atom stereocenters. The lowest BCUT2D eigenvalue weighted by atomic mass is 10.2. The van der Waals surface area contributed by atoms with Crippen LogP contribution in [0.1, 0.15) is 0 Å². The third kappa shape index (κ3) is 5.78.